The predicted molar refractivity (Wildman–Crippen MR) is 69.9 cm³/mol. The molecule has 1 aliphatic rings. The first-order valence-electron chi connectivity index (χ1n) is 6.55. The highest BCUT2D eigenvalue weighted by atomic mass is 16.6. The Morgan fingerprint density at radius 3 is 3.05 bits per heavy atom. The van der Waals surface area contributed by atoms with Crippen LogP contribution in [0.5, 0.6) is 0 Å². The van der Waals surface area contributed by atoms with Gasteiger partial charge in [0, 0.05) is 12.0 Å². The van der Waals surface area contributed by atoms with E-state index in [1.807, 2.05) is 13.0 Å². The number of fused-ring (bicyclic) bond motifs is 1. The molecule has 0 radical (unpaired) electrons. The first-order valence-corrected chi connectivity index (χ1v) is 6.55. The van der Waals surface area contributed by atoms with Crippen molar-refractivity contribution in [2.24, 2.45) is 5.41 Å². The summed E-state index contributed by atoms with van der Waals surface area (Å²) in [5.41, 5.74) is 1.12. The van der Waals surface area contributed by atoms with Crippen LogP contribution in [0.15, 0.2) is 10.5 Å². The normalized spacial score (nSPS) is 20.7. The van der Waals surface area contributed by atoms with Crippen molar-refractivity contribution < 1.29 is 19.1 Å². The summed E-state index contributed by atoms with van der Waals surface area (Å²) in [6.45, 7) is 6.06. The van der Waals surface area contributed by atoms with Crippen molar-refractivity contribution in [3.05, 3.63) is 23.2 Å². The summed E-state index contributed by atoms with van der Waals surface area (Å²) >= 11 is 0. The number of aryl methyl sites for hydroxylation is 1. The predicted octanol–water partition coefficient (Wildman–Crippen LogP) is 2.32. The Hall–Kier alpha value is -1.49. The zero-order valence-corrected chi connectivity index (χ0v) is 11.7. The molecule has 1 unspecified atom stereocenters. The van der Waals surface area contributed by atoms with Crippen molar-refractivity contribution >= 4 is 6.09 Å². The van der Waals surface area contributed by atoms with Crippen LogP contribution in [0.25, 0.3) is 0 Å². The number of aliphatic hydroxyl groups is 1. The summed E-state index contributed by atoms with van der Waals surface area (Å²) in [6, 6.07) is 1.88. The monoisotopic (exact) mass is 267 g/mol. The Morgan fingerprint density at radius 2 is 2.37 bits per heavy atom. The SMILES string of the molecule is Cc1cc2c(o1)CC(C)(C)CC2NC(=O)OCCO. The lowest BCUT2D eigenvalue weighted by atomic mass is 9.75. The summed E-state index contributed by atoms with van der Waals surface area (Å²) in [7, 11) is 0. The molecule has 1 amide bonds. The molecule has 0 saturated carbocycles. The van der Waals surface area contributed by atoms with Gasteiger partial charge in [0.1, 0.15) is 18.1 Å². The van der Waals surface area contributed by atoms with E-state index < -0.39 is 6.09 Å². The van der Waals surface area contributed by atoms with Gasteiger partial charge in [0.05, 0.1) is 12.6 Å². The second-order valence-corrected chi connectivity index (χ2v) is 5.84. The number of furan rings is 1. The molecule has 0 aliphatic heterocycles. The van der Waals surface area contributed by atoms with E-state index in [1.165, 1.54) is 0 Å². The number of amides is 1. The summed E-state index contributed by atoms with van der Waals surface area (Å²) in [5, 5.41) is 11.5. The van der Waals surface area contributed by atoms with E-state index in [0.717, 1.165) is 29.9 Å². The summed E-state index contributed by atoms with van der Waals surface area (Å²) in [5.74, 6) is 1.81. The average molecular weight is 267 g/mol. The first kappa shape index (κ1) is 13.9. The summed E-state index contributed by atoms with van der Waals surface area (Å²) < 4.78 is 10.6. The molecule has 1 aromatic heterocycles. The highest BCUT2D eigenvalue weighted by Crippen LogP contribution is 2.41. The molecule has 2 rings (SSSR count). The molecule has 1 aliphatic carbocycles. The van der Waals surface area contributed by atoms with Crippen molar-refractivity contribution in [2.45, 2.75) is 39.7 Å². The lowest BCUT2D eigenvalue weighted by Crippen LogP contribution is -2.36. The van der Waals surface area contributed by atoms with Crippen LogP contribution in [0.2, 0.25) is 0 Å². The minimum atomic E-state index is -0.499. The van der Waals surface area contributed by atoms with Gasteiger partial charge in [-0.3, -0.25) is 0 Å². The van der Waals surface area contributed by atoms with Crippen molar-refractivity contribution in [2.75, 3.05) is 13.2 Å². The van der Waals surface area contributed by atoms with Gasteiger partial charge in [-0.05, 0) is 24.8 Å². The van der Waals surface area contributed by atoms with Gasteiger partial charge in [-0.2, -0.15) is 0 Å². The average Bonchev–Trinajstić information content (AvgIpc) is 2.65. The quantitative estimate of drug-likeness (QED) is 0.881. The number of hydrogen-bond donors (Lipinski definition) is 2. The fourth-order valence-electron chi connectivity index (χ4n) is 2.64. The molecule has 0 bridgehead atoms. The molecular weight excluding hydrogens is 246 g/mol. The molecule has 1 atom stereocenters. The smallest absolute Gasteiger partial charge is 0.407 e. The number of nitrogens with one attached hydrogen (secondary N) is 1. The van der Waals surface area contributed by atoms with Gasteiger partial charge in [-0.25, -0.2) is 4.79 Å². The standard InChI is InChI=1S/C14H21NO4/c1-9-6-10-11(15-13(17)18-5-4-16)7-14(2,3)8-12(10)19-9/h6,11,16H,4-5,7-8H2,1-3H3,(H,15,17). The highest BCUT2D eigenvalue weighted by Gasteiger charge is 2.35. The summed E-state index contributed by atoms with van der Waals surface area (Å²) in [4.78, 5) is 11.6. The summed E-state index contributed by atoms with van der Waals surface area (Å²) in [6.07, 6.45) is 1.22. The third kappa shape index (κ3) is 3.29. The lowest BCUT2D eigenvalue weighted by molar-refractivity contribution is 0.112. The zero-order valence-electron chi connectivity index (χ0n) is 11.7. The van der Waals surface area contributed by atoms with Crippen molar-refractivity contribution in [1.29, 1.82) is 0 Å². The second kappa shape index (κ2) is 5.25. The van der Waals surface area contributed by atoms with Gasteiger partial charge in [0.25, 0.3) is 0 Å². The minimum absolute atomic E-state index is 0.0131. The Morgan fingerprint density at radius 1 is 1.63 bits per heavy atom. The van der Waals surface area contributed by atoms with E-state index >= 15 is 0 Å². The first-order chi connectivity index (χ1) is 8.91. The molecule has 2 N–H and O–H groups in total. The Kier molecular flexibility index (Phi) is 3.85. The molecule has 19 heavy (non-hydrogen) atoms. The van der Waals surface area contributed by atoms with E-state index in [9.17, 15) is 4.79 Å². The van der Waals surface area contributed by atoms with E-state index in [-0.39, 0.29) is 24.7 Å². The maximum atomic E-state index is 11.6. The number of alkyl carbamates (subject to hydrolysis) is 1. The van der Waals surface area contributed by atoms with Gasteiger partial charge >= 0.3 is 6.09 Å². The number of aliphatic hydroxyl groups excluding tert-OH is 1. The van der Waals surface area contributed by atoms with Gasteiger partial charge in [0.15, 0.2) is 0 Å². The van der Waals surface area contributed by atoms with Crippen molar-refractivity contribution in [3.63, 3.8) is 0 Å². The van der Waals surface area contributed by atoms with E-state index in [2.05, 4.69) is 19.2 Å². The van der Waals surface area contributed by atoms with E-state index in [0.29, 0.717) is 0 Å². The zero-order chi connectivity index (χ0) is 14.0. The van der Waals surface area contributed by atoms with Crippen LogP contribution < -0.4 is 5.32 Å². The van der Waals surface area contributed by atoms with Crippen LogP contribution >= 0.6 is 0 Å². The number of carbonyl (C=O) groups is 1. The molecule has 5 nitrogen and oxygen atoms in total. The molecule has 106 valence electrons. The number of carbonyl (C=O) groups excluding carboxylic acids is 1. The third-order valence-electron chi connectivity index (χ3n) is 3.35. The van der Waals surface area contributed by atoms with Crippen LogP contribution in [-0.2, 0) is 11.2 Å². The Balaban J connectivity index is 2.13. The molecule has 0 fully saturated rings. The molecule has 1 aromatic rings. The number of rotatable bonds is 3. The Bertz CT molecular complexity index is 464. The molecule has 5 heteroatoms. The van der Waals surface area contributed by atoms with Gasteiger partial charge in [-0.1, -0.05) is 13.8 Å². The third-order valence-corrected chi connectivity index (χ3v) is 3.35. The van der Waals surface area contributed by atoms with Crippen molar-refractivity contribution in [3.8, 4) is 0 Å². The van der Waals surface area contributed by atoms with Gasteiger partial charge in [0.2, 0.25) is 0 Å². The molecule has 0 aromatic carbocycles. The molecule has 1 heterocycles. The molecule has 0 saturated heterocycles. The van der Waals surface area contributed by atoms with Crippen molar-refractivity contribution in [1.82, 2.24) is 5.32 Å². The number of ether oxygens (including phenoxy) is 1. The van der Waals surface area contributed by atoms with Crippen LogP contribution in [-0.4, -0.2) is 24.4 Å². The fourth-order valence-corrected chi connectivity index (χ4v) is 2.64. The van der Waals surface area contributed by atoms with E-state index in [4.69, 9.17) is 14.3 Å². The van der Waals surface area contributed by atoms with Gasteiger partial charge in [-0.15, -0.1) is 0 Å². The van der Waals surface area contributed by atoms with Crippen LogP contribution in [0.4, 0.5) is 4.79 Å². The maximum absolute atomic E-state index is 11.6. The second-order valence-electron chi connectivity index (χ2n) is 5.84. The lowest BCUT2D eigenvalue weighted by Gasteiger charge is -2.34. The maximum Gasteiger partial charge on any atom is 0.407 e. The topological polar surface area (TPSA) is 71.7 Å². The fraction of sp³-hybridized carbons (Fsp3) is 0.643. The number of hydrogen-bond acceptors (Lipinski definition) is 4. The highest BCUT2D eigenvalue weighted by molar-refractivity contribution is 5.68. The van der Waals surface area contributed by atoms with Crippen LogP contribution in [0.3, 0.4) is 0 Å². The molecule has 0 spiro atoms. The Labute approximate surface area is 112 Å². The minimum Gasteiger partial charge on any atom is -0.466 e. The molecular formula is C14H21NO4. The van der Waals surface area contributed by atoms with E-state index in [1.54, 1.807) is 0 Å². The van der Waals surface area contributed by atoms with Crippen LogP contribution in [0.1, 0.15) is 43.4 Å². The van der Waals surface area contributed by atoms with Gasteiger partial charge < -0.3 is 19.6 Å². The largest absolute Gasteiger partial charge is 0.466 e. The van der Waals surface area contributed by atoms with Crippen LogP contribution in [0, 0.1) is 12.3 Å².